The lowest BCUT2D eigenvalue weighted by Gasteiger charge is -2.30. The summed E-state index contributed by atoms with van der Waals surface area (Å²) in [6, 6.07) is 15.7. The van der Waals surface area contributed by atoms with Gasteiger partial charge in [-0.2, -0.15) is 5.26 Å². The molecule has 0 radical (unpaired) electrons. The Labute approximate surface area is 220 Å². The molecule has 0 saturated heterocycles. The highest BCUT2D eigenvalue weighted by atomic mass is 32.1. The summed E-state index contributed by atoms with van der Waals surface area (Å²) in [5.41, 5.74) is 2.55. The second-order valence-corrected chi connectivity index (χ2v) is 9.85. The van der Waals surface area contributed by atoms with E-state index in [1.807, 2.05) is 6.07 Å². The molecule has 0 aliphatic heterocycles. The molecule has 10 heteroatoms. The Morgan fingerprint density at radius 3 is 2.78 bits per heavy atom. The first-order valence-corrected chi connectivity index (χ1v) is 12.8. The number of ether oxygens (including phenoxy) is 2. The number of amides is 2. The molecular weight excluding hydrogens is 490 g/mol. The highest BCUT2D eigenvalue weighted by molar-refractivity contribution is 7.15. The van der Waals surface area contributed by atoms with Crippen LogP contribution in [0.2, 0.25) is 0 Å². The van der Waals surface area contributed by atoms with E-state index in [9.17, 15) is 9.59 Å². The highest BCUT2D eigenvalue weighted by Crippen LogP contribution is 2.31. The smallest absolute Gasteiger partial charge is 0.262 e. The standard InChI is InChI=1S/C27H29N5O4S/c1-32(12-13-35-2)21-10-11-23-24(15-21)37-27(30-23)31-26(34)19-4-3-5-22(14-19)36-17-25(33)29-20-8-6-18(16-28)7-9-20/h3-9,14,21H,10-13,15,17H2,1-2H3,(H,29,33)(H,30,31,34). The molecule has 1 unspecified atom stereocenters. The number of nitriles is 1. The van der Waals surface area contributed by atoms with E-state index in [1.165, 1.54) is 16.2 Å². The lowest BCUT2D eigenvalue weighted by atomic mass is 9.96. The largest absolute Gasteiger partial charge is 0.484 e. The maximum absolute atomic E-state index is 12.9. The van der Waals surface area contributed by atoms with E-state index in [0.29, 0.717) is 40.3 Å². The van der Waals surface area contributed by atoms with E-state index >= 15 is 0 Å². The fourth-order valence-corrected chi connectivity index (χ4v) is 5.15. The molecule has 0 spiro atoms. The van der Waals surface area contributed by atoms with E-state index in [-0.39, 0.29) is 18.4 Å². The Hall–Kier alpha value is -3.78. The van der Waals surface area contributed by atoms with Gasteiger partial charge in [0.1, 0.15) is 5.75 Å². The van der Waals surface area contributed by atoms with Gasteiger partial charge >= 0.3 is 0 Å². The number of carbonyl (C=O) groups excluding carboxylic acids is 2. The molecule has 3 aromatic rings. The summed E-state index contributed by atoms with van der Waals surface area (Å²) in [6.07, 6.45) is 2.83. The molecule has 0 saturated carbocycles. The maximum Gasteiger partial charge on any atom is 0.262 e. The highest BCUT2D eigenvalue weighted by Gasteiger charge is 2.25. The quantitative estimate of drug-likeness (QED) is 0.419. The third kappa shape index (κ3) is 7.13. The summed E-state index contributed by atoms with van der Waals surface area (Å²) >= 11 is 1.52. The number of hydrogen-bond donors (Lipinski definition) is 2. The summed E-state index contributed by atoms with van der Waals surface area (Å²) in [4.78, 5) is 33.3. The Morgan fingerprint density at radius 2 is 2.03 bits per heavy atom. The lowest BCUT2D eigenvalue weighted by molar-refractivity contribution is -0.118. The minimum Gasteiger partial charge on any atom is -0.484 e. The van der Waals surface area contributed by atoms with Crippen molar-refractivity contribution in [2.75, 3.05) is 44.5 Å². The first-order chi connectivity index (χ1) is 17.9. The van der Waals surface area contributed by atoms with Gasteiger partial charge in [0.15, 0.2) is 11.7 Å². The molecule has 1 aliphatic rings. The molecule has 0 fully saturated rings. The molecule has 1 aliphatic carbocycles. The van der Waals surface area contributed by atoms with Gasteiger partial charge < -0.3 is 19.7 Å². The second-order valence-electron chi connectivity index (χ2n) is 8.77. The average Bonchev–Trinajstić information content (AvgIpc) is 3.32. The molecular formula is C27H29N5O4S. The second kappa shape index (κ2) is 12.5. The zero-order chi connectivity index (χ0) is 26.2. The number of thiazole rings is 1. The van der Waals surface area contributed by atoms with E-state index in [1.54, 1.807) is 55.6 Å². The van der Waals surface area contributed by atoms with Crippen molar-refractivity contribution in [3.05, 3.63) is 70.2 Å². The van der Waals surface area contributed by atoms with E-state index in [2.05, 4.69) is 27.6 Å². The van der Waals surface area contributed by atoms with Crippen LogP contribution in [-0.4, -0.2) is 61.7 Å². The Morgan fingerprint density at radius 1 is 1.22 bits per heavy atom. The minimum atomic E-state index is -0.348. The number of methoxy groups -OCH3 is 1. The zero-order valence-electron chi connectivity index (χ0n) is 20.8. The van der Waals surface area contributed by atoms with Gasteiger partial charge in [-0.3, -0.25) is 14.9 Å². The third-order valence-electron chi connectivity index (χ3n) is 6.17. The molecule has 2 amide bonds. The molecule has 2 aromatic carbocycles. The van der Waals surface area contributed by atoms with Gasteiger partial charge in [-0.25, -0.2) is 4.98 Å². The van der Waals surface area contributed by atoms with Crippen molar-refractivity contribution in [3.63, 3.8) is 0 Å². The number of anilines is 2. The maximum atomic E-state index is 12.9. The number of aromatic nitrogens is 1. The molecule has 1 aromatic heterocycles. The van der Waals surface area contributed by atoms with Gasteiger partial charge in [-0.05, 0) is 68.8 Å². The summed E-state index contributed by atoms with van der Waals surface area (Å²) in [7, 11) is 3.83. The predicted molar refractivity (Wildman–Crippen MR) is 142 cm³/mol. The van der Waals surface area contributed by atoms with Crippen molar-refractivity contribution >= 4 is 34.0 Å². The fourth-order valence-electron chi connectivity index (χ4n) is 4.08. The van der Waals surface area contributed by atoms with Crippen LogP contribution in [0.3, 0.4) is 0 Å². The monoisotopic (exact) mass is 519 g/mol. The van der Waals surface area contributed by atoms with Gasteiger partial charge in [-0.15, -0.1) is 11.3 Å². The molecule has 37 heavy (non-hydrogen) atoms. The van der Waals surface area contributed by atoms with Gasteiger partial charge in [-0.1, -0.05) is 6.07 Å². The Bertz CT molecular complexity index is 1280. The molecule has 9 nitrogen and oxygen atoms in total. The number of nitrogens with zero attached hydrogens (tertiary/aromatic N) is 3. The van der Waals surface area contributed by atoms with Gasteiger partial charge in [0.05, 0.1) is 23.9 Å². The topological polar surface area (TPSA) is 117 Å². The summed E-state index contributed by atoms with van der Waals surface area (Å²) in [5.74, 6) is -0.227. The minimum absolute atomic E-state index is 0.218. The number of rotatable bonds is 10. The number of fused-ring (bicyclic) bond motifs is 1. The summed E-state index contributed by atoms with van der Waals surface area (Å²) in [5, 5.41) is 15.1. The molecule has 4 rings (SSSR count). The third-order valence-corrected chi connectivity index (χ3v) is 7.20. The van der Waals surface area contributed by atoms with Crippen LogP contribution in [0.15, 0.2) is 48.5 Å². The van der Waals surface area contributed by atoms with Crippen molar-refractivity contribution < 1.29 is 19.1 Å². The van der Waals surface area contributed by atoms with Crippen molar-refractivity contribution in [2.45, 2.75) is 25.3 Å². The fraction of sp³-hybridized carbons (Fsp3) is 0.333. The predicted octanol–water partition coefficient (Wildman–Crippen LogP) is 3.72. The van der Waals surface area contributed by atoms with Crippen LogP contribution in [0.25, 0.3) is 0 Å². The van der Waals surface area contributed by atoms with Crippen LogP contribution >= 0.6 is 11.3 Å². The average molecular weight is 520 g/mol. The number of benzene rings is 2. The SMILES string of the molecule is COCCN(C)C1CCc2nc(NC(=O)c3cccc(OCC(=O)Nc4ccc(C#N)cc4)c3)sc2C1. The molecule has 192 valence electrons. The lowest BCUT2D eigenvalue weighted by Crippen LogP contribution is -2.38. The normalized spacial score (nSPS) is 14.5. The van der Waals surface area contributed by atoms with E-state index < -0.39 is 0 Å². The summed E-state index contributed by atoms with van der Waals surface area (Å²) < 4.78 is 10.8. The van der Waals surface area contributed by atoms with Crippen LogP contribution < -0.4 is 15.4 Å². The van der Waals surface area contributed by atoms with Gasteiger partial charge in [0.2, 0.25) is 0 Å². The molecule has 1 heterocycles. The summed E-state index contributed by atoms with van der Waals surface area (Å²) in [6.45, 7) is 1.37. The number of aryl methyl sites for hydroxylation is 1. The number of carbonyl (C=O) groups is 2. The van der Waals surface area contributed by atoms with Crippen molar-refractivity contribution in [3.8, 4) is 11.8 Å². The van der Waals surface area contributed by atoms with Crippen molar-refractivity contribution in [2.24, 2.45) is 0 Å². The first kappa shape index (κ1) is 26.3. The Kier molecular flexibility index (Phi) is 8.85. The van der Waals surface area contributed by atoms with Crippen molar-refractivity contribution in [1.82, 2.24) is 9.88 Å². The molecule has 1 atom stereocenters. The van der Waals surface area contributed by atoms with Crippen molar-refractivity contribution in [1.29, 1.82) is 5.26 Å². The van der Waals surface area contributed by atoms with Crippen LogP contribution in [0, 0.1) is 11.3 Å². The number of likely N-dealkylation sites (N-methyl/N-ethyl adjacent to an activating group) is 1. The van der Waals surface area contributed by atoms with Crippen LogP contribution in [0.4, 0.5) is 10.8 Å². The number of nitrogens with one attached hydrogen (secondary N) is 2. The van der Waals surface area contributed by atoms with E-state index in [0.717, 1.165) is 31.5 Å². The van der Waals surface area contributed by atoms with Gasteiger partial charge in [0, 0.05) is 35.8 Å². The first-order valence-electron chi connectivity index (χ1n) is 12.0. The van der Waals surface area contributed by atoms with Crippen LogP contribution in [0.5, 0.6) is 5.75 Å². The van der Waals surface area contributed by atoms with Gasteiger partial charge in [0.25, 0.3) is 11.8 Å². The number of hydrogen-bond acceptors (Lipinski definition) is 8. The molecule has 0 bridgehead atoms. The van der Waals surface area contributed by atoms with E-state index in [4.69, 9.17) is 14.7 Å². The van der Waals surface area contributed by atoms with Crippen LogP contribution in [-0.2, 0) is 22.4 Å². The zero-order valence-corrected chi connectivity index (χ0v) is 21.6. The van der Waals surface area contributed by atoms with Crippen LogP contribution in [0.1, 0.15) is 32.9 Å². The Balaban J connectivity index is 1.30. The molecule has 2 N–H and O–H groups in total.